The minimum Gasteiger partial charge on any atom is -0.352 e. The Bertz CT molecular complexity index is 624. The van der Waals surface area contributed by atoms with Crippen LogP contribution in [0.3, 0.4) is 0 Å². The molecular weight excluding hydrogens is 326 g/mol. The number of hydrogen-bond acceptors (Lipinski definition) is 3. The summed E-state index contributed by atoms with van der Waals surface area (Å²) in [4.78, 5) is 12.4. The quantitative estimate of drug-likeness (QED) is 0.797. The number of para-hydroxylation sites is 1. The topological polar surface area (TPSA) is 69.7 Å². The van der Waals surface area contributed by atoms with Crippen LogP contribution >= 0.6 is 0 Å². The van der Waals surface area contributed by atoms with Gasteiger partial charge in [0.05, 0.1) is 5.69 Å². The van der Waals surface area contributed by atoms with Gasteiger partial charge in [0, 0.05) is 20.1 Å². The lowest BCUT2D eigenvalue weighted by Crippen LogP contribution is -2.47. The highest BCUT2D eigenvalue weighted by molar-refractivity contribution is 7.90. The van der Waals surface area contributed by atoms with Gasteiger partial charge < -0.3 is 5.32 Å². The molecule has 0 heterocycles. The Labute approximate surface area is 145 Å². The van der Waals surface area contributed by atoms with Gasteiger partial charge in [0.2, 0.25) is 5.91 Å². The van der Waals surface area contributed by atoms with Gasteiger partial charge in [-0.3, -0.25) is 4.79 Å². The summed E-state index contributed by atoms with van der Waals surface area (Å²) in [6, 6.07) is 8.88. The first kappa shape index (κ1) is 18.7. The van der Waals surface area contributed by atoms with Crippen LogP contribution in [0, 0.1) is 0 Å². The van der Waals surface area contributed by atoms with Crippen LogP contribution < -0.4 is 9.62 Å². The maximum atomic E-state index is 12.6. The molecule has 134 valence electrons. The van der Waals surface area contributed by atoms with Crippen molar-refractivity contribution in [2.45, 2.75) is 44.6 Å². The molecule has 0 spiro atoms. The first-order valence-corrected chi connectivity index (χ1v) is 9.85. The summed E-state index contributed by atoms with van der Waals surface area (Å²) in [7, 11) is -0.796. The molecule has 1 aromatic rings. The van der Waals surface area contributed by atoms with Gasteiger partial charge in [0.25, 0.3) is 0 Å². The van der Waals surface area contributed by atoms with E-state index in [2.05, 4.69) is 5.32 Å². The summed E-state index contributed by atoms with van der Waals surface area (Å²) in [5.41, 5.74) is 0.488. The highest BCUT2D eigenvalue weighted by atomic mass is 32.2. The van der Waals surface area contributed by atoms with E-state index in [1.807, 2.05) is 6.07 Å². The third kappa shape index (κ3) is 4.95. The second-order valence-electron chi connectivity index (χ2n) is 6.39. The molecule has 1 aromatic carbocycles. The predicted molar refractivity (Wildman–Crippen MR) is 96.0 cm³/mol. The second-order valence-corrected chi connectivity index (χ2v) is 8.46. The molecule has 7 heteroatoms. The van der Waals surface area contributed by atoms with Gasteiger partial charge in [-0.25, -0.2) is 4.31 Å². The minimum absolute atomic E-state index is 0.152. The molecule has 1 amide bonds. The Morgan fingerprint density at radius 2 is 1.67 bits per heavy atom. The van der Waals surface area contributed by atoms with Gasteiger partial charge in [0.15, 0.2) is 0 Å². The molecule has 6 nitrogen and oxygen atoms in total. The first-order chi connectivity index (χ1) is 11.4. The average molecular weight is 353 g/mol. The fourth-order valence-corrected chi connectivity index (χ4v) is 3.99. The van der Waals surface area contributed by atoms with Crippen LogP contribution in [0.2, 0.25) is 0 Å². The normalized spacial score (nSPS) is 16.6. The van der Waals surface area contributed by atoms with Gasteiger partial charge in [-0.05, 0) is 25.0 Å². The number of benzene rings is 1. The van der Waals surface area contributed by atoms with Crippen molar-refractivity contribution in [3.05, 3.63) is 30.3 Å². The number of rotatable bonds is 6. The minimum atomic E-state index is -3.73. The van der Waals surface area contributed by atoms with E-state index in [0.717, 1.165) is 34.3 Å². The Morgan fingerprint density at radius 1 is 1.08 bits per heavy atom. The zero-order valence-corrected chi connectivity index (χ0v) is 15.3. The smallest absolute Gasteiger partial charge is 0.304 e. The van der Waals surface area contributed by atoms with Crippen molar-refractivity contribution in [3.63, 3.8) is 0 Å². The summed E-state index contributed by atoms with van der Waals surface area (Å²) >= 11 is 0. The van der Waals surface area contributed by atoms with Crippen LogP contribution in [0.5, 0.6) is 0 Å². The molecule has 2 rings (SSSR count). The van der Waals surface area contributed by atoms with Gasteiger partial charge in [-0.15, -0.1) is 0 Å². The number of carbonyl (C=O) groups is 1. The third-order valence-electron chi connectivity index (χ3n) is 4.29. The number of nitrogens with zero attached hydrogens (tertiary/aromatic N) is 2. The van der Waals surface area contributed by atoms with Gasteiger partial charge in [-0.1, -0.05) is 43.9 Å². The molecule has 0 bridgehead atoms. The average Bonchev–Trinajstić information content (AvgIpc) is 2.81. The van der Waals surface area contributed by atoms with Crippen LogP contribution in [-0.4, -0.2) is 45.3 Å². The van der Waals surface area contributed by atoms with E-state index in [1.165, 1.54) is 26.9 Å². The zero-order chi connectivity index (χ0) is 17.6. The van der Waals surface area contributed by atoms with Crippen LogP contribution in [0.15, 0.2) is 30.3 Å². The maximum absolute atomic E-state index is 12.6. The molecule has 1 aliphatic carbocycles. The van der Waals surface area contributed by atoms with Crippen molar-refractivity contribution in [3.8, 4) is 0 Å². The lowest BCUT2D eigenvalue weighted by Gasteiger charge is -2.27. The molecule has 1 N–H and O–H groups in total. The van der Waals surface area contributed by atoms with Gasteiger partial charge in [0.1, 0.15) is 6.54 Å². The lowest BCUT2D eigenvalue weighted by molar-refractivity contribution is -0.120. The second kappa shape index (κ2) is 8.48. The van der Waals surface area contributed by atoms with Crippen LogP contribution in [0.4, 0.5) is 5.69 Å². The van der Waals surface area contributed by atoms with E-state index in [0.29, 0.717) is 5.69 Å². The third-order valence-corrected chi connectivity index (χ3v) is 6.11. The summed E-state index contributed by atoms with van der Waals surface area (Å²) in [5.74, 6) is -0.254. The molecule has 0 unspecified atom stereocenters. The van der Waals surface area contributed by atoms with Crippen molar-refractivity contribution in [1.29, 1.82) is 0 Å². The van der Waals surface area contributed by atoms with Crippen LogP contribution in [-0.2, 0) is 15.0 Å². The van der Waals surface area contributed by atoms with Gasteiger partial charge >= 0.3 is 10.2 Å². The van der Waals surface area contributed by atoms with E-state index < -0.39 is 10.2 Å². The number of hydrogen-bond donors (Lipinski definition) is 1. The van der Waals surface area contributed by atoms with E-state index in [-0.39, 0.29) is 18.5 Å². The molecule has 24 heavy (non-hydrogen) atoms. The molecular formula is C17H27N3O3S. The number of anilines is 1. The first-order valence-electron chi connectivity index (χ1n) is 8.46. The molecule has 1 fully saturated rings. The van der Waals surface area contributed by atoms with E-state index in [4.69, 9.17) is 0 Å². The summed E-state index contributed by atoms with van der Waals surface area (Å²) < 4.78 is 27.4. The van der Waals surface area contributed by atoms with E-state index >= 15 is 0 Å². The Balaban J connectivity index is 2.12. The Kier molecular flexibility index (Phi) is 6.62. The highest BCUT2D eigenvalue weighted by Gasteiger charge is 2.27. The van der Waals surface area contributed by atoms with Gasteiger partial charge in [-0.2, -0.15) is 12.7 Å². The predicted octanol–water partition coefficient (Wildman–Crippen LogP) is 2.14. The molecule has 1 saturated carbocycles. The van der Waals surface area contributed by atoms with Crippen molar-refractivity contribution < 1.29 is 13.2 Å². The molecule has 0 atom stereocenters. The fraction of sp³-hybridized carbons (Fsp3) is 0.588. The van der Waals surface area contributed by atoms with Crippen molar-refractivity contribution in [1.82, 2.24) is 9.62 Å². The van der Waals surface area contributed by atoms with Crippen LogP contribution in [0.25, 0.3) is 0 Å². The number of amides is 1. The molecule has 0 radical (unpaired) electrons. The van der Waals surface area contributed by atoms with Crippen molar-refractivity contribution in [2.75, 3.05) is 24.9 Å². The lowest BCUT2D eigenvalue weighted by atomic mass is 10.1. The highest BCUT2D eigenvalue weighted by Crippen LogP contribution is 2.20. The maximum Gasteiger partial charge on any atom is 0.304 e. The zero-order valence-electron chi connectivity index (χ0n) is 14.4. The largest absolute Gasteiger partial charge is 0.352 e. The fourth-order valence-electron chi connectivity index (χ4n) is 2.92. The number of nitrogens with one attached hydrogen (secondary N) is 1. The summed E-state index contributed by atoms with van der Waals surface area (Å²) in [6.45, 7) is -0.207. The Hall–Kier alpha value is -1.60. The molecule has 0 aliphatic heterocycles. The summed E-state index contributed by atoms with van der Waals surface area (Å²) in [6.07, 6.45) is 6.58. The van der Waals surface area contributed by atoms with E-state index in [9.17, 15) is 13.2 Å². The Morgan fingerprint density at radius 3 is 2.21 bits per heavy atom. The SMILES string of the molecule is CN(C)S(=O)(=O)N(CC(=O)NC1CCCCCC1)c1ccccc1. The molecule has 0 saturated heterocycles. The standard InChI is InChI=1S/C17H27N3O3S/c1-19(2)24(22,23)20(16-12-8-5-9-13-16)14-17(21)18-15-10-6-3-4-7-11-15/h5,8-9,12-13,15H,3-4,6-7,10-11,14H2,1-2H3,(H,18,21). The molecule has 1 aliphatic rings. The molecule has 0 aromatic heterocycles. The monoisotopic (exact) mass is 353 g/mol. The summed E-state index contributed by atoms with van der Waals surface area (Å²) in [5, 5.41) is 3.01. The van der Waals surface area contributed by atoms with Crippen molar-refractivity contribution in [2.24, 2.45) is 0 Å². The van der Waals surface area contributed by atoms with E-state index in [1.54, 1.807) is 24.3 Å². The van der Waals surface area contributed by atoms with Crippen LogP contribution in [0.1, 0.15) is 38.5 Å². The number of carbonyl (C=O) groups excluding carboxylic acids is 1. The van der Waals surface area contributed by atoms with Crippen molar-refractivity contribution >= 4 is 21.8 Å².